The van der Waals surface area contributed by atoms with E-state index in [1.807, 2.05) is 26.8 Å². The van der Waals surface area contributed by atoms with Gasteiger partial charge in [0, 0.05) is 6.20 Å². The van der Waals surface area contributed by atoms with Gasteiger partial charge in [0.25, 0.3) is 0 Å². The van der Waals surface area contributed by atoms with E-state index in [0.29, 0.717) is 23.0 Å². The van der Waals surface area contributed by atoms with E-state index < -0.39 is 0 Å². The second-order valence-electron chi connectivity index (χ2n) is 3.73. The molecule has 0 spiro atoms. The number of rotatable bonds is 2. The third-order valence-electron chi connectivity index (χ3n) is 2.24. The summed E-state index contributed by atoms with van der Waals surface area (Å²) in [7, 11) is 0. The van der Waals surface area contributed by atoms with Gasteiger partial charge in [-0.3, -0.25) is 0 Å². The van der Waals surface area contributed by atoms with Crippen molar-refractivity contribution in [2.45, 2.75) is 33.7 Å². The molecule has 0 aliphatic carbocycles. The number of pyridine rings is 1. The number of aryl methyl sites for hydroxylation is 1. The van der Waals surface area contributed by atoms with Crippen LogP contribution in [0.15, 0.2) is 18.3 Å². The molecule has 0 bridgehead atoms. The summed E-state index contributed by atoms with van der Waals surface area (Å²) in [5, 5.41) is 12.9. The molecule has 0 radical (unpaired) electrons. The average Bonchev–Trinajstić information content (AvgIpc) is 2.83. The van der Waals surface area contributed by atoms with Crippen LogP contribution in [-0.2, 0) is 0 Å². The highest BCUT2D eigenvalue weighted by atomic mass is 15.4. The number of nitriles is 1. The van der Waals surface area contributed by atoms with E-state index in [1.54, 1.807) is 23.7 Å². The van der Waals surface area contributed by atoms with Gasteiger partial charge in [0.2, 0.25) is 0 Å². The van der Waals surface area contributed by atoms with Crippen molar-refractivity contribution in [3.05, 3.63) is 35.5 Å². The van der Waals surface area contributed by atoms with Crippen molar-refractivity contribution in [3.8, 4) is 11.9 Å². The van der Waals surface area contributed by atoms with Crippen LogP contribution in [0.5, 0.6) is 0 Å². The highest BCUT2D eigenvalue weighted by Gasteiger charge is 2.13. The zero-order valence-electron chi connectivity index (χ0n) is 11.6. The molecule has 1 unspecified atom stereocenters. The molecule has 0 saturated carbocycles. The monoisotopic (exact) mass is 258 g/mol. The van der Waals surface area contributed by atoms with Crippen molar-refractivity contribution >= 4 is 0 Å². The van der Waals surface area contributed by atoms with Gasteiger partial charge in [-0.2, -0.15) is 9.94 Å². The Bertz CT molecular complexity index is 562. The standard InChI is InChI=1S/C11H12N6.C2H6/c1-7(13)11-15-8(2)16-17(11)10-4-3-9(5-12)6-14-10;1-2/h3-4,6-7H,13H2,1-2H3;1-2H3. The van der Waals surface area contributed by atoms with Crippen molar-refractivity contribution in [1.82, 2.24) is 19.7 Å². The lowest BCUT2D eigenvalue weighted by Gasteiger charge is -2.06. The molecule has 2 heterocycles. The van der Waals surface area contributed by atoms with Gasteiger partial charge in [-0.15, -0.1) is 5.10 Å². The maximum absolute atomic E-state index is 8.70. The van der Waals surface area contributed by atoms with Crippen LogP contribution >= 0.6 is 0 Å². The Hall–Kier alpha value is -2.26. The van der Waals surface area contributed by atoms with E-state index in [2.05, 4.69) is 15.1 Å². The van der Waals surface area contributed by atoms with Crippen LogP contribution in [0.3, 0.4) is 0 Å². The second kappa shape index (κ2) is 6.61. The van der Waals surface area contributed by atoms with E-state index in [-0.39, 0.29) is 6.04 Å². The number of nitrogens with zero attached hydrogens (tertiary/aromatic N) is 5. The summed E-state index contributed by atoms with van der Waals surface area (Å²) in [5.74, 6) is 1.90. The highest BCUT2D eigenvalue weighted by molar-refractivity contribution is 5.32. The molecule has 0 amide bonds. The fraction of sp³-hybridized carbons (Fsp3) is 0.385. The molecule has 0 saturated heterocycles. The van der Waals surface area contributed by atoms with Gasteiger partial charge in [0.1, 0.15) is 11.9 Å². The van der Waals surface area contributed by atoms with E-state index in [0.717, 1.165) is 0 Å². The third-order valence-corrected chi connectivity index (χ3v) is 2.24. The van der Waals surface area contributed by atoms with Crippen molar-refractivity contribution in [3.63, 3.8) is 0 Å². The molecule has 2 aromatic rings. The molecule has 6 heteroatoms. The first kappa shape index (κ1) is 14.8. The fourth-order valence-electron chi connectivity index (χ4n) is 1.47. The van der Waals surface area contributed by atoms with Crippen LogP contribution < -0.4 is 5.73 Å². The summed E-state index contributed by atoms with van der Waals surface area (Å²) in [5.41, 5.74) is 6.33. The van der Waals surface area contributed by atoms with Crippen molar-refractivity contribution in [2.24, 2.45) is 5.73 Å². The van der Waals surface area contributed by atoms with Gasteiger partial charge >= 0.3 is 0 Å². The first-order valence-electron chi connectivity index (χ1n) is 6.17. The lowest BCUT2D eigenvalue weighted by Crippen LogP contribution is -2.14. The zero-order valence-corrected chi connectivity index (χ0v) is 11.6. The summed E-state index contributed by atoms with van der Waals surface area (Å²) in [6.07, 6.45) is 1.50. The van der Waals surface area contributed by atoms with Gasteiger partial charge in [0.05, 0.1) is 11.6 Å². The van der Waals surface area contributed by atoms with Gasteiger partial charge < -0.3 is 5.73 Å². The Balaban J connectivity index is 0.000000861. The Kier molecular flexibility index (Phi) is 5.15. The largest absolute Gasteiger partial charge is 0.322 e. The minimum Gasteiger partial charge on any atom is -0.322 e. The molecule has 2 rings (SSSR count). The van der Waals surface area contributed by atoms with E-state index in [9.17, 15) is 0 Å². The predicted molar refractivity (Wildman–Crippen MR) is 72.6 cm³/mol. The van der Waals surface area contributed by atoms with E-state index in [1.165, 1.54) is 6.20 Å². The second-order valence-corrected chi connectivity index (χ2v) is 3.73. The number of nitrogens with two attached hydrogens (primary N) is 1. The quantitative estimate of drug-likeness (QED) is 0.887. The topological polar surface area (TPSA) is 93.4 Å². The normalized spacial score (nSPS) is 11.2. The number of aromatic nitrogens is 4. The van der Waals surface area contributed by atoms with Gasteiger partial charge in [-0.1, -0.05) is 13.8 Å². The molecule has 0 aromatic carbocycles. The number of hydrogen-bond donors (Lipinski definition) is 1. The summed E-state index contributed by atoms with van der Waals surface area (Å²) in [6, 6.07) is 5.19. The highest BCUT2D eigenvalue weighted by Crippen LogP contribution is 2.12. The lowest BCUT2D eigenvalue weighted by atomic mass is 10.3. The van der Waals surface area contributed by atoms with Crippen molar-refractivity contribution in [2.75, 3.05) is 0 Å². The molecule has 0 aliphatic rings. The fourth-order valence-corrected chi connectivity index (χ4v) is 1.47. The molecule has 1 atom stereocenters. The molecule has 0 aliphatic heterocycles. The summed E-state index contributed by atoms with van der Waals surface area (Å²) in [6.45, 7) is 7.63. The Morgan fingerprint density at radius 1 is 1.37 bits per heavy atom. The first-order chi connectivity index (χ1) is 9.11. The van der Waals surface area contributed by atoms with Gasteiger partial charge in [-0.25, -0.2) is 9.97 Å². The minimum absolute atomic E-state index is 0.228. The van der Waals surface area contributed by atoms with Gasteiger partial charge in [0.15, 0.2) is 11.6 Å². The van der Waals surface area contributed by atoms with Crippen LogP contribution in [0.4, 0.5) is 0 Å². The van der Waals surface area contributed by atoms with Gasteiger partial charge in [-0.05, 0) is 26.0 Å². The van der Waals surface area contributed by atoms with Crippen LogP contribution in [0.25, 0.3) is 5.82 Å². The maximum Gasteiger partial charge on any atom is 0.155 e. The van der Waals surface area contributed by atoms with E-state index in [4.69, 9.17) is 11.0 Å². The molecular formula is C13H18N6. The average molecular weight is 258 g/mol. The molecule has 2 N–H and O–H groups in total. The number of hydrogen-bond acceptors (Lipinski definition) is 5. The minimum atomic E-state index is -0.228. The van der Waals surface area contributed by atoms with Crippen molar-refractivity contribution < 1.29 is 0 Å². The Labute approximate surface area is 112 Å². The molecule has 6 nitrogen and oxygen atoms in total. The Morgan fingerprint density at radius 2 is 2.05 bits per heavy atom. The summed E-state index contributed by atoms with van der Waals surface area (Å²) in [4.78, 5) is 8.41. The molecular weight excluding hydrogens is 240 g/mol. The van der Waals surface area contributed by atoms with Crippen LogP contribution in [-0.4, -0.2) is 19.7 Å². The van der Waals surface area contributed by atoms with Crippen LogP contribution in [0.2, 0.25) is 0 Å². The predicted octanol–water partition coefficient (Wildman–Crippen LogP) is 1.89. The van der Waals surface area contributed by atoms with Crippen LogP contribution in [0.1, 0.15) is 44.0 Å². The summed E-state index contributed by atoms with van der Waals surface area (Å²) >= 11 is 0. The summed E-state index contributed by atoms with van der Waals surface area (Å²) < 4.78 is 1.60. The SMILES string of the molecule is CC.Cc1nc(C(C)N)n(-c2ccc(C#N)cn2)n1. The lowest BCUT2D eigenvalue weighted by molar-refractivity contribution is 0.680. The Morgan fingerprint density at radius 3 is 2.53 bits per heavy atom. The maximum atomic E-state index is 8.70. The van der Waals surface area contributed by atoms with E-state index >= 15 is 0 Å². The molecule has 100 valence electrons. The smallest absolute Gasteiger partial charge is 0.155 e. The third kappa shape index (κ3) is 3.36. The molecule has 2 aromatic heterocycles. The first-order valence-corrected chi connectivity index (χ1v) is 6.17. The molecule has 0 fully saturated rings. The van der Waals surface area contributed by atoms with Crippen molar-refractivity contribution in [1.29, 1.82) is 5.26 Å². The molecule has 19 heavy (non-hydrogen) atoms. The zero-order chi connectivity index (χ0) is 14.4. The van der Waals surface area contributed by atoms with Crippen LogP contribution in [0, 0.1) is 18.3 Å².